The Bertz CT molecular complexity index is 501. The molecule has 0 fully saturated rings. The molecule has 2 nitrogen and oxygen atoms in total. The number of hydrogen-bond donors (Lipinski definition) is 0. The van der Waals surface area contributed by atoms with Crippen LogP contribution in [0.15, 0.2) is 18.3 Å². The highest BCUT2D eigenvalue weighted by Crippen LogP contribution is 2.17. The number of fused-ring (bicyclic) bond motifs is 1. The Balaban J connectivity index is 2.82. The zero-order chi connectivity index (χ0) is 9.42. The van der Waals surface area contributed by atoms with Gasteiger partial charge in [0.1, 0.15) is 0 Å². The first-order chi connectivity index (χ1) is 6.20. The van der Waals surface area contributed by atoms with Gasteiger partial charge in [0.2, 0.25) is 0 Å². The van der Waals surface area contributed by atoms with Crippen molar-refractivity contribution in [2.24, 2.45) is 7.05 Å². The summed E-state index contributed by atoms with van der Waals surface area (Å²) in [5.74, 6) is 2.66. The van der Waals surface area contributed by atoms with Gasteiger partial charge in [-0.3, -0.25) is 4.68 Å². The maximum absolute atomic E-state index is 5.37. The van der Waals surface area contributed by atoms with Crippen molar-refractivity contribution in [2.45, 2.75) is 6.92 Å². The first kappa shape index (κ1) is 7.88. The van der Waals surface area contributed by atoms with Gasteiger partial charge in [-0.15, -0.1) is 6.42 Å². The fourth-order valence-corrected chi connectivity index (χ4v) is 1.46. The van der Waals surface area contributed by atoms with Crippen LogP contribution >= 0.6 is 0 Å². The monoisotopic (exact) mass is 170 g/mol. The highest BCUT2D eigenvalue weighted by atomic mass is 15.2. The van der Waals surface area contributed by atoms with Crippen molar-refractivity contribution in [3.05, 3.63) is 29.5 Å². The second kappa shape index (κ2) is 2.63. The maximum Gasteiger partial charge on any atom is 0.0926 e. The van der Waals surface area contributed by atoms with E-state index in [2.05, 4.69) is 11.0 Å². The van der Waals surface area contributed by atoms with E-state index in [4.69, 9.17) is 6.42 Å². The summed E-state index contributed by atoms with van der Waals surface area (Å²) < 4.78 is 1.80. The zero-order valence-electron chi connectivity index (χ0n) is 7.70. The van der Waals surface area contributed by atoms with Crippen LogP contribution in [0.1, 0.15) is 11.1 Å². The van der Waals surface area contributed by atoms with Crippen molar-refractivity contribution in [1.82, 2.24) is 9.78 Å². The molecule has 0 spiro atoms. The molecular weight excluding hydrogens is 160 g/mol. The molecule has 0 saturated heterocycles. The summed E-state index contributed by atoms with van der Waals surface area (Å²) in [5.41, 5.74) is 3.05. The lowest BCUT2D eigenvalue weighted by Crippen LogP contribution is -1.85. The number of aryl methyl sites for hydroxylation is 2. The van der Waals surface area contributed by atoms with Gasteiger partial charge in [0.15, 0.2) is 0 Å². The van der Waals surface area contributed by atoms with Crippen molar-refractivity contribution in [3.8, 4) is 12.3 Å². The molecule has 2 aromatic rings. The molecule has 0 saturated carbocycles. The third-order valence-electron chi connectivity index (χ3n) is 2.12. The van der Waals surface area contributed by atoms with Gasteiger partial charge in [-0.05, 0) is 24.6 Å². The Morgan fingerprint density at radius 2 is 2.23 bits per heavy atom. The summed E-state index contributed by atoms with van der Waals surface area (Å²) in [7, 11) is 1.91. The fourth-order valence-electron chi connectivity index (χ4n) is 1.46. The summed E-state index contributed by atoms with van der Waals surface area (Å²) >= 11 is 0. The summed E-state index contributed by atoms with van der Waals surface area (Å²) in [5, 5.41) is 5.40. The Labute approximate surface area is 77.2 Å². The number of benzene rings is 1. The molecule has 0 unspecified atom stereocenters. The molecule has 1 aromatic heterocycles. The Hall–Kier alpha value is -1.75. The number of terminal acetylenes is 1. The molecule has 2 heteroatoms. The molecule has 13 heavy (non-hydrogen) atoms. The smallest absolute Gasteiger partial charge is 0.0926 e. The molecule has 0 bridgehead atoms. The van der Waals surface area contributed by atoms with Gasteiger partial charge in [0.05, 0.1) is 5.52 Å². The van der Waals surface area contributed by atoms with Crippen molar-refractivity contribution in [2.75, 3.05) is 0 Å². The molecule has 0 aliphatic heterocycles. The molecule has 1 aromatic carbocycles. The van der Waals surface area contributed by atoms with Gasteiger partial charge < -0.3 is 0 Å². The van der Waals surface area contributed by atoms with Gasteiger partial charge in [-0.25, -0.2) is 0 Å². The molecule has 64 valence electrons. The van der Waals surface area contributed by atoms with Crippen LogP contribution < -0.4 is 0 Å². The van der Waals surface area contributed by atoms with E-state index in [1.54, 1.807) is 4.68 Å². The first-order valence-corrected chi connectivity index (χ1v) is 4.11. The van der Waals surface area contributed by atoms with Crippen LogP contribution in [0.2, 0.25) is 0 Å². The van der Waals surface area contributed by atoms with Crippen LogP contribution in [-0.2, 0) is 7.05 Å². The Morgan fingerprint density at radius 3 is 2.92 bits per heavy atom. The summed E-state index contributed by atoms with van der Waals surface area (Å²) in [6.07, 6.45) is 7.34. The molecule has 0 N–H and O–H groups in total. The fraction of sp³-hybridized carbons (Fsp3) is 0.182. The molecule has 2 rings (SSSR count). The maximum atomic E-state index is 5.37. The molecule has 0 radical (unpaired) electrons. The van der Waals surface area contributed by atoms with Crippen LogP contribution in [0.4, 0.5) is 0 Å². The van der Waals surface area contributed by atoms with E-state index in [9.17, 15) is 0 Å². The largest absolute Gasteiger partial charge is 0.275 e. The topological polar surface area (TPSA) is 17.8 Å². The third-order valence-corrected chi connectivity index (χ3v) is 2.12. The first-order valence-electron chi connectivity index (χ1n) is 4.11. The van der Waals surface area contributed by atoms with Crippen LogP contribution in [0.5, 0.6) is 0 Å². The van der Waals surface area contributed by atoms with Crippen LogP contribution in [0.3, 0.4) is 0 Å². The van der Waals surface area contributed by atoms with E-state index in [1.165, 1.54) is 0 Å². The van der Waals surface area contributed by atoms with E-state index in [-0.39, 0.29) is 0 Å². The summed E-state index contributed by atoms with van der Waals surface area (Å²) in [6.45, 7) is 2.00. The number of aromatic nitrogens is 2. The lowest BCUT2D eigenvalue weighted by atomic mass is 10.1. The van der Waals surface area contributed by atoms with Gasteiger partial charge in [-0.1, -0.05) is 5.92 Å². The quantitative estimate of drug-likeness (QED) is 0.552. The van der Waals surface area contributed by atoms with Gasteiger partial charge in [-0.2, -0.15) is 5.10 Å². The SMILES string of the molecule is C#Cc1cc2cn(C)nc2cc1C. The predicted octanol–water partition coefficient (Wildman–Crippen LogP) is 1.86. The number of hydrogen-bond acceptors (Lipinski definition) is 1. The predicted molar refractivity (Wildman–Crippen MR) is 53.4 cm³/mol. The average Bonchev–Trinajstić information content (AvgIpc) is 2.42. The minimum atomic E-state index is 0.945. The molecule has 1 heterocycles. The van der Waals surface area contributed by atoms with Gasteiger partial charge in [0, 0.05) is 24.2 Å². The minimum Gasteiger partial charge on any atom is -0.275 e. The van der Waals surface area contributed by atoms with Crippen molar-refractivity contribution in [3.63, 3.8) is 0 Å². The number of nitrogens with zero attached hydrogens (tertiary/aromatic N) is 2. The second-order valence-electron chi connectivity index (χ2n) is 3.17. The molecule has 0 amide bonds. The second-order valence-corrected chi connectivity index (χ2v) is 3.17. The van der Waals surface area contributed by atoms with Crippen molar-refractivity contribution < 1.29 is 0 Å². The Morgan fingerprint density at radius 1 is 1.46 bits per heavy atom. The highest BCUT2D eigenvalue weighted by Gasteiger charge is 2.01. The van der Waals surface area contributed by atoms with Gasteiger partial charge in [0.25, 0.3) is 0 Å². The molecular formula is C11H10N2. The number of rotatable bonds is 0. The van der Waals surface area contributed by atoms with Crippen LogP contribution in [0.25, 0.3) is 10.9 Å². The van der Waals surface area contributed by atoms with Crippen LogP contribution in [-0.4, -0.2) is 9.78 Å². The van der Waals surface area contributed by atoms with Gasteiger partial charge >= 0.3 is 0 Å². The summed E-state index contributed by atoms with van der Waals surface area (Å²) in [4.78, 5) is 0. The average molecular weight is 170 g/mol. The van der Waals surface area contributed by atoms with E-state index in [0.29, 0.717) is 0 Å². The lowest BCUT2D eigenvalue weighted by molar-refractivity contribution is 0.779. The normalized spacial score (nSPS) is 10.2. The van der Waals surface area contributed by atoms with E-state index >= 15 is 0 Å². The standard InChI is InChI=1S/C11H10N2/c1-4-9-6-10-7-13(3)12-11(10)5-8(9)2/h1,5-7H,2-3H3. The van der Waals surface area contributed by atoms with Crippen molar-refractivity contribution in [1.29, 1.82) is 0 Å². The summed E-state index contributed by atoms with van der Waals surface area (Å²) in [6, 6.07) is 4.02. The zero-order valence-corrected chi connectivity index (χ0v) is 7.70. The van der Waals surface area contributed by atoms with E-state index < -0.39 is 0 Å². The highest BCUT2D eigenvalue weighted by molar-refractivity contribution is 5.80. The third kappa shape index (κ3) is 1.19. The van der Waals surface area contributed by atoms with E-state index in [1.807, 2.05) is 32.3 Å². The molecule has 0 atom stereocenters. The van der Waals surface area contributed by atoms with Crippen LogP contribution in [0, 0.1) is 19.3 Å². The van der Waals surface area contributed by atoms with E-state index in [0.717, 1.165) is 22.0 Å². The molecule has 0 aliphatic rings. The Kier molecular flexibility index (Phi) is 1.60. The lowest BCUT2D eigenvalue weighted by Gasteiger charge is -1.96. The molecule has 0 aliphatic carbocycles. The van der Waals surface area contributed by atoms with Crippen molar-refractivity contribution >= 4 is 10.9 Å². The minimum absolute atomic E-state index is 0.945.